The second-order valence-corrected chi connectivity index (χ2v) is 5.91. The molecule has 0 amide bonds. The van der Waals surface area contributed by atoms with Crippen molar-refractivity contribution in [3.05, 3.63) is 35.4 Å². The Morgan fingerprint density at radius 3 is 3.00 bits per heavy atom. The third kappa shape index (κ3) is 2.32. The molecular formula is C16H23NO. The van der Waals surface area contributed by atoms with Crippen LogP contribution in [0.2, 0.25) is 0 Å². The Kier molecular flexibility index (Phi) is 3.40. The number of fused-ring (bicyclic) bond motifs is 1. The SMILES string of the molecule is COCCNCC1CC12CCc1ccccc1C2. The van der Waals surface area contributed by atoms with Gasteiger partial charge < -0.3 is 10.1 Å². The summed E-state index contributed by atoms with van der Waals surface area (Å²) in [7, 11) is 1.76. The maximum atomic E-state index is 5.07. The molecule has 0 aliphatic heterocycles. The van der Waals surface area contributed by atoms with Gasteiger partial charge in [0.25, 0.3) is 0 Å². The molecule has 1 spiro atoms. The molecule has 1 fully saturated rings. The molecule has 1 N–H and O–H groups in total. The minimum Gasteiger partial charge on any atom is -0.383 e. The number of aryl methyl sites for hydroxylation is 1. The predicted octanol–water partition coefficient (Wildman–Crippen LogP) is 2.42. The number of benzene rings is 1. The van der Waals surface area contributed by atoms with Crippen LogP contribution in [0.4, 0.5) is 0 Å². The zero-order chi connectivity index (χ0) is 12.4. The Hall–Kier alpha value is -0.860. The van der Waals surface area contributed by atoms with E-state index in [2.05, 4.69) is 29.6 Å². The maximum Gasteiger partial charge on any atom is 0.0587 e. The van der Waals surface area contributed by atoms with E-state index in [-0.39, 0.29) is 0 Å². The predicted molar refractivity (Wildman–Crippen MR) is 73.8 cm³/mol. The molecule has 1 aromatic carbocycles. The molecule has 0 aromatic heterocycles. The van der Waals surface area contributed by atoms with E-state index >= 15 is 0 Å². The first-order valence-electron chi connectivity index (χ1n) is 7.10. The summed E-state index contributed by atoms with van der Waals surface area (Å²) in [5.41, 5.74) is 3.82. The van der Waals surface area contributed by atoms with Crippen molar-refractivity contribution in [2.45, 2.75) is 25.7 Å². The monoisotopic (exact) mass is 245 g/mol. The molecule has 1 aromatic rings. The van der Waals surface area contributed by atoms with Gasteiger partial charge in [0.1, 0.15) is 0 Å². The topological polar surface area (TPSA) is 21.3 Å². The number of hydrogen-bond acceptors (Lipinski definition) is 2. The third-order valence-electron chi connectivity index (χ3n) is 4.79. The summed E-state index contributed by atoms with van der Waals surface area (Å²) in [6.07, 6.45) is 5.40. The summed E-state index contributed by atoms with van der Waals surface area (Å²) in [6.45, 7) is 2.98. The summed E-state index contributed by atoms with van der Waals surface area (Å²) in [5.74, 6) is 0.891. The van der Waals surface area contributed by atoms with Crippen molar-refractivity contribution in [3.8, 4) is 0 Å². The van der Waals surface area contributed by atoms with E-state index < -0.39 is 0 Å². The lowest BCUT2D eigenvalue weighted by Gasteiger charge is -2.25. The summed E-state index contributed by atoms with van der Waals surface area (Å²) >= 11 is 0. The zero-order valence-electron chi connectivity index (χ0n) is 11.2. The first-order chi connectivity index (χ1) is 8.84. The molecule has 2 unspecified atom stereocenters. The second kappa shape index (κ2) is 5.02. The lowest BCUT2D eigenvalue weighted by atomic mass is 9.80. The Morgan fingerprint density at radius 1 is 1.33 bits per heavy atom. The van der Waals surface area contributed by atoms with E-state index in [1.54, 1.807) is 18.2 Å². The molecule has 98 valence electrons. The first-order valence-corrected chi connectivity index (χ1v) is 7.10. The molecular weight excluding hydrogens is 222 g/mol. The van der Waals surface area contributed by atoms with Gasteiger partial charge in [-0.05, 0) is 54.7 Å². The van der Waals surface area contributed by atoms with Gasteiger partial charge in [-0.15, -0.1) is 0 Å². The lowest BCUT2D eigenvalue weighted by Crippen LogP contribution is -2.25. The van der Waals surface area contributed by atoms with Crippen LogP contribution in [0, 0.1) is 11.3 Å². The van der Waals surface area contributed by atoms with Crippen LogP contribution in [0.15, 0.2) is 24.3 Å². The van der Waals surface area contributed by atoms with Crippen LogP contribution >= 0.6 is 0 Å². The fourth-order valence-electron chi connectivity index (χ4n) is 3.52. The van der Waals surface area contributed by atoms with E-state index in [0.717, 1.165) is 19.1 Å². The van der Waals surface area contributed by atoms with Gasteiger partial charge in [0.15, 0.2) is 0 Å². The smallest absolute Gasteiger partial charge is 0.0587 e. The highest BCUT2D eigenvalue weighted by Gasteiger charge is 2.53. The van der Waals surface area contributed by atoms with Crippen LogP contribution in [0.5, 0.6) is 0 Å². The number of methoxy groups -OCH3 is 1. The van der Waals surface area contributed by atoms with Gasteiger partial charge in [-0.1, -0.05) is 24.3 Å². The quantitative estimate of drug-likeness (QED) is 0.804. The average Bonchev–Trinajstić information content (AvgIpc) is 3.07. The van der Waals surface area contributed by atoms with Gasteiger partial charge in [-0.25, -0.2) is 0 Å². The van der Waals surface area contributed by atoms with Crippen LogP contribution < -0.4 is 5.32 Å². The van der Waals surface area contributed by atoms with Crippen molar-refractivity contribution in [1.29, 1.82) is 0 Å². The minimum atomic E-state index is 0.633. The summed E-state index contributed by atoms with van der Waals surface area (Å²) < 4.78 is 5.07. The highest BCUT2D eigenvalue weighted by Crippen LogP contribution is 2.59. The zero-order valence-corrected chi connectivity index (χ0v) is 11.2. The van der Waals surface area contributed by atoms with Gasteiger partial charge >= 0.3 is 0 Å². The number of ether oxygens (including phenoxy) is 1. The molecule has 0 heterocycles. The molecule has 2 aliphatic carbocycles. The second-order valence-electron chi connectivity index (χ2n) is 5.91. The highest BCUT2D eigenvalue weighted by atomic mass is 16.5. The normalized spacial score (nSPS) is 29.3. The Balaban J connectivity index is 1.54. The Bertz CT molecular complexity index is 417. The summed E-state index contributed by atoms with van der Waals surface area (Å²) in [5, 5.41) is 3.52. The van der Waals surface area contributed by atoms with Crippen LogP contribution in [0.25, 0.3) is 0 Å². The van der Waals surface area contributed by atoms with E-state index in [0.29, 0.717) is 5.41 Å². The van der Waals surface area contributed by atoms with Gasteiger partial charge in [0.05, 0.1) is 6.61 Å². The molecule has 3 rings (SSSR count). The molecule has 2 aliphatic rings. The molecule has 0 bridgehead atoms. The van der Waals surface area contributed by atoms with Crippen molar-refractivity contribution in [2.24, 2.45) is 11.3 Å². The fraction of sp³-hybridized carbons (Fsp3) is 0.625. The lowest BCUT2D eigenvalue weighted by molar-refractivity contribution is 0.198. The van der Waals surface area contributed by atoms with Crippen LogP contribution in [-0.2, 0) is 17.6 Å². The highest BCUT2D eigenvalue weighted by molar-refractivity contribution is 5.33. The molecule has 1 saturated carbocycles. The van der Waals surface area contributed by atoms with Gasteiger partial charge in [-0.3, -0.25) is 0 Å². The van der Waals surface area contributed by atoms with E-state index in [1.807, 2.05) is 0 Å². The summed E-state index contributed by atoms with van der Waals surface area (Å²) in [6, 6.07) is 8.99. The van der Waals surface area contributed by atoms with Crippen LogP contribution in [0.3, 0.4) is 0 Å². The number of hydrogen-bond donors (Lipinski definition) is 1. The first kappa shape index (κ1) is 12.2. The Labute approximate surface area is 110 Å². The van der Waals surface area contributed by atoms with Crippen LogP contribution in [0.1, 0.15) is 24.0 Å². The fourth-order valence-corrected chi connectivity index (χ4v) is 3.52. The minimum absolute atomic E-state index is 0.633. The molecule has 2 heteroatoms. The summed E-state index contributed by atoms with van der Waals surface area (Å²) in [4.78, 5) is 0. The van der Waals surface area contributed by atoms with Crippen molar-refractivity contribution in [2.75, 3.05) is 26.8 Å². The van der Waals surface area contributed by atoms with Crippen molar-refractivity contribution in [3.63, 3.8) is 0 Å². The van der Waals surface area contributed by atoms with Gasteiger partial charge in [0.2, 0.25) is 0 Å². The molecule has 2 nitrogen and oxygen atoms in total. The largest absolute Gasteiger partial charge is 0.383 e. The number of nitrogens with one attached hydrogen (secondary N) is 1. The van der Waals surface area contributed by atoms with E-state index in [9.17, 15) is 0 Å². The molecule has 2 atom stereocenters. The average molecular weight is 245 g/mol. The van der Waals surface area contributed by atoms with Gasteiger partial charge in [-0.2, -0.15) is 0 Å². The van der Waals surface area contributed by atoms with E-state index in [4.69, 9.17) is 4.74 Å². The Morgan fingerprint density at radius 2 is 2.17 bits per heavy atom. The third-order valence-corrected chi connectivity index (χ3v) is 4.79. The molecule has 0 radical (unpaired) electrons. The number of rotatable bonds is 5. The van der Waals surface area contributed by atoms with Gasteiger partial charge in [0, 0.05) is 13.7 Å². The molecule has 18 heavy (non-hydrogen) atoms. The van der Waals surface area contributed by atoms with Crippen molar-refractivity contribution < 1.29 is 4.74 Å². The molecule has 0 saturated heterocycles. The van der Waals surface area contributed by atoms with Crippen molar-refractivity contribution in [1.82, 2.24) is 5.32 Å². The standard InChI is InChI=1S/C16H23NO/c1-18-9-8-17-12-15-11-16(15)7-6-13-4-2-3-5-14(13)10-16/h2-5,15,17H,6-12H2,1H3. The van der Waals surface area contributed by atoms with Crippen LogP contribution in [-0.4, -0.2) is 26.8 Å². The van der Waals surface area contributed by atoms with Crippen molar-refractivity contribution >= 4 is 0 Å². The maximum absolute atomic E-state index is 5.07. The van der Waals surface area contributed by atoms with E-state index in [1.165, 1.54) is 32.2 Å².